The number of benzene rings is 7. The van der Waals surface area contributed by atoms with Crippen LogP contribution in [0.5, 0.6) is 0 Å². The normalized spacial score (nSPS) is 21.0. The lowest BCUT2D eigenvalue weighted by molar-refractivity contribution is 0.332. The van der Waals surface area contributed by atoms with Gasteiger partial charge in [0, 0.05) is 65.2 Å². The Hall–Kier alpha value is -5.58. The average Bonchev–Trinajstić information content (AvgIpc) is 3.91. The lowest BCUT2D eigenvalue weighted by Crippen LogP contribution is -2.62. The molecule has 0 saturated heterocycles. The molecule has 1 aromatic heterocycles. The van der Waals surface area contributed by atoms with E-state index in [0.717, 1.165) is 0 Å². The van der Waals surface area contributed by atoms with E-state index in [-0.39, 0.29) is 44.8 Å². The van der Waals surface area contributed by atoms with Crippen LogP contribution < -0.4 is 20.6 Å². The zero-order valence-corrected chi connectivity index (χ0v) is 47.8. The molecule has 74 heavy (non-hydrogen) atoms. The molecule has 0 unspecified atom stereocenters. The lowest BCUT2D eigenvalue weighted by Gasteiger charge is -2.50. The van der Waals surface area contributed by atoms with Gasteiger partial charge in [-0.15, -0.1) is 11.3 Å². The smallest absolute Gasteiger partial charge is 0.333 e. The van der Waals surface area contributed by atoms with Gasteiger partial charge in [0.2, 0.25) is 0 Å². The minimum absolute atomic E-state index is 0.0344. The van der Waals surface area contributed by atoms with Crippen molar-refractivity contribution in [1.82, 2.24) is 0 Å². The first-order valence-corrected chi connectivity index (χ1v) is 29.0. The Labute approximate surface area is 446 Å². The van der Waals surface area contributed by atoms with E-state index in [1.807, 2.05) is 11.3 Å². The van der Waals surface area contributed by atoms with Gasteiger partial charge in [-0.05, 0) is 193 Å². The molecule has 0 amide bonds. The first kappa shape index (κ1) is 46.9. The number of fused-ring (bicyclic) bond motifs is 15. The standard InChI is InChI=1S/C70H75BN2S/c1-40-34-49-52(68(10,11)32-30-65(49,4)5)38-55(40)72-57-37-45-43-21-17-19-23-58(43)74-63(45)59-46-36-51-53(69(12,13)33-31-67(51,8)9)39-56(46)73(41-24-26-48-50(35-41)66(6,7)29-28-64(48,2)3)71(61(57)59)54-27-25-44-42-20-16-18-22-47(42)70(14,15)60(44)62(54)72/h16-27,34-39H,28-33H2,1-15H3. The molecule has 0 radical (unpaired) electrons. The SMILES string of the molecule is Cc1cc2c(cc1N1c3cc4c(sc5ccccc54)c4c3B(c3ccc5c(c31)C(C)(C)c1ccccc1-5)N(c1ccc3c(c1)C(C)(C)CCC3(C)C)c1cc3c(cc1-4)C(C)(C)CCC3(C)C)C(C)(C)CCC2(C)C. The maximum atomic E-state index is 2.87. The summed E-state index contributed by atoms with van der Waals surface area (Å²) >= 11 is 2.01. The highest BCUT2D eigenvalue weighted by atomic mass is 32.1. The van der Waals surface area contributed by atoms with E-state index < -0.39 is 0 Å². The molecule has 8 aromatic rings. The highest BCUT2D eigenvalue weighted by Crippen LogP contribution is 2.61. The second-order valence-corrected chi connectivity index (χ2v) is 29.5. The fourth-order valence-electron chi connectivity index (χ4n) is 15.8. The molecule has 0 N–H and O–H groups in total. The number of thiophene rings is 1. The molecule has 0 spiro atoms. The molecule has 0 fully saturated rings. The Morgan fingerprint density at radius 3 is 1.66 bits per heavy atom. The van der Waals surface area contributed by atoms with Crippen LogP contribution in [0, 0.1) is 6.92 Å². The Bertz CT molecular complexity index is 3810. The number of anilines is 5. The van der Waals surface area contributed by atoms with Crippen LogP contribution in [0.1, 0.15) is 186 Å². The van der Waals surface area contributed by atoms with Gasteiger partial charge in [0.25, 0.3) is 0 Å². The second kappa shape index (κ2) is 14.7. The van der Waals surface area contributed by atoms with Gasteiger partial charge >= 0.3 is 6.85 Å². The van der Waals surface area contributed by atoms with Gasteiger partial charge in [-0.2, -0.15) is 0 Å². The van der Waals surface area contributed by atoms with E-state index in [1.54, 1.807) is 0 Å². The van der Waals surface area contributed by atoms with Crippen LogP contribution in [0.15, 0.2) is 109 Å². The zero-order chi connectivity index (χ0) is 51.8. The molecular formula is C70H75BN2S. The van der Waals surface area contributed by atoms with Crippen molar-refractivity contribution in [3.05, 3.63) is 159 Å². The highest BCUT2D eigenvalue weighted by Gasteiger charge is 2.52. The Kier molecular flexibility index (Phi) is 9.30. The van der Waals surface area contributed by atoms with E-state index in [9.17, 15) is 0 Å². The third-order valence-corrected chi connectivity index (χ3v) is 21.9. The van der Waals surface area contributed by atoms with Crippen molar-refractivity contribution in [2.24, 2.45) is 0 Å². The molecule has 4 heteroatoms. The van der Waals surface area contributed by atoms with Gasteiger partial charge < -0.3 is 9.71 Å². The second-order valence-electron chi connectivity index (χ2n) is 28.5. The molecule has 6 aliphatic rings. The van der Waals surface area contributed by atoms with Crippen LogP contribution in [0.4, 0.5) is 28.4 Å². The number of nitrogens with zero attached hydrogens (tertiary/aromatic N) is 2. The van der Waals surface area contributed by atoms with Crippen LogP contribution in [0.2, 0.25) is 0 Å². The minimum atomic E-state index is -0.258. The molecule has 3 heterocycles. The van der Waals surface area contributed by atoms with Crippen molar-refractivity contribution < 1.29 is 0 Å². The molecule has 2 aliphatic heterocycles. The first-order chi connectivity index (χ1) is 34.8. The predicted octanol–water partition coefficient (Wildman–Crippen LogP) is 18.4. The Morgan fingerprint density at radius 2 is 1.00 bits per heavy atom. The van der Waals surface area contributed by atoms with Crippen molar-refractivity contribution in [2.75, 3.05) is 9.71 Å². The third kappa shape index (κ3) is 6.13. The number of aryl methyl sites for hydroxylation is 1. The van der Waals surface area contributed by atoms with Gasteiger partial charge in [0.15, 0.2) is 0 Å². The van der Waals surface area contributed by atoms with E-state index in [0.29, 0.717) is 0 Å². The topological polar surface area (TPSA) is 6.48 Å². The molecule has 0 bridgehead atoms. The first-order valence-electron chi connectivity index (χ1n) is 28.2. The number of hydrogen-bond acceptors (Lipinski definition) is 3. The van der Waals surface area contributed by atoms with Crippen LogP contribution >= 0.6 is 11.3 Å². The summed E-state index contributed by atoms with van der Waals surface area (Å²) in [5.74, 6) is 0. The largest absolute Gasteiger partial charge is 0.376 e. The maximum absolute atomic E-state index is 2.87. The van der Waals surface area contributed by atoms with Gasteiger partial charge in [0.05, 0.1) is 0 Å². The van der Waals surface area contributed by atoms with Crippen LogP contribution in [-0.4, -0.2) is 6.85 Å². The fourth-order valence-corrected chi connectivity index (χ4v) is 17.1. The molecule has 2 nitrogen and oxygen atoms in total. The van der Waals surface area contributed by atoms with Crippen LogP contribution in [0.3, 0.4) is 0 Å². The Balaban J connectivity index is 1.19. The minimum Gasteiger partial charge on any atom is -0.376 e. The summed E-state index contributed by atoms with van der Waals surface area (Å²) < 4.78 is 2.77. The summed E-state index contributed by atoms with van der Waals surface area (Å²) in [6, 6.07) is 44.8. The summed E-state index contributed by atoms with van der Waals surface area (Å²) in [5.41, 5.74) is 28.5. The van der Waals surface area contributed by atoms with Gasteiger partial charge in [-0.1, -0.05) is 164 Å². The lowest BCUT2D eigenvalue weighted by atomic mass is 9.42. The van der Waals surface area contributed by atoms with E-state index in [2.05, 4.69) is 223 Å². The monoisotopic (exact) mass is 987 g/mol. The quantitative estimate of drug-likeness (QED) is 0.159. The summed E-state index contributed by atoms with van der Waals surface area (Å²) in [6.07, 6.45) is 7.09. The van der Waals surface area contributed by atoms with Crippen molar-refractivity contribution in [3.8, 4) is 22.3 Å². The summed E-state index contributed by atoms with van der Waals surface area (Å²) in [5, 5.41) is 2.72. The molecule has 0 saturated carbocycles. The Morgan fingerprint density at radius 1 is 0.446 bits per heavy atom. The van der Waals surface area contributed by atoms with Crippen molar-refractivity contribution >= 4 is 77.7 Å². The number of hydrogen-bond donors (Lipinski definition) is 0. The fraction of sp³-hybridized carbons (Fsp3) is 0.400. The predicted molar refractivity (Wildman–Crippen MR) is 321 cm³/mol. The van der Waals surface area contributed by atoms with E-state index in [1.165, 1.54) is 170 Å². The van der Waals surface area contributed by atoms with Crippen LogP contribution in [0.25, 0.3) is 42.4 Å². The summed E-state index contributed by atoms with van der Waals surface area (Å²) in [4.78, 5) is 5.71. The third-order valence-electron chi connectivity index (χ3n) is 20.7. The molecule has 0 atom stereocenters. The summed E-state index contributed by atoms with van der Waals surface area (Å²) in [6.45, 7) is 37.3. The zero-order valence-electron chi connectivity index (χ0n) is 47.0. The van der Waals surface area contributed by atoms with Crippen molar-refractivity contribution in [3.63, 3.8) is 0 Å². The van der Waals surface area contributed by atoms with Crippen LogP contribution in [-0.2, 0) is 37.9 Å². The van der Waals surface area contributed by atoms with Gasteiger partial charge in [0.1, 0.15) is 0 Å². The molecule has 7 aromatic carbocycles. The highest BCUT2D eigenvalue weighted by molar-refractivity contribution is 7.26. The molecule has 14 rings (SSSR count). The van der Waals surface area contributed by atoms with Crippen molar-refractivity contribution in [1.29, 1.82) is 0 Å². The van der Waals surface area contributed by atoms with Crippen molar-refractivity contribution in [2.45, 2.75) is 180 Å². The average molecular weight is 987 g/mol. The van der Waals surface area contributed by atoms with Gasteiger partial charge in [-0.3, -0.25) is 0 Å². The van der Waals surface area contributed by atoms with E-state index in [4.69, 9.17) is 0 Å². The molecule has 374 valence electrons. The summed E-state index contributed by atoms with van der Waals surface area (Å²) in [7, 11) is 0. The maximum Gasteiger partial charge on any atom is 0.333 e. The number of rotatable bonds is 2. The van der Waals surface area contributed by atoms with E-state index >= 15 is 0 Å². The molecule has 4 aliphatic carbocycles. The molecular weight excluding hydrogens is 912 g/mol. The van der Waals surface area contributed by atoms with Gasteiger partial charge in [-0.25, -0.2) is 0 Å².